The quantitative estimate of drug-likeness (QED) is 0.102. The van der Waals surface area contributed by atoms with Crippen LogP contribution in [0.2, 0.25) is 0 Å². The molecule has 0 amide bonds. The molecule has 1 aliphatic heterocycles. The van der Waals surface area contributed by atoms with Gasteiger partial charge >= 0.3 is 17.9 Å². The van der Waals surface area contributed by atoms with Crippen molar-refractivity contribution in [3.8, 4) is 0 Å². The minimum absolute atomic E-state index is 0.00216. The van der Waals surface area contributed by atoms with Crippen LogP contribution in [-0.4, -0.2) is 63.9 Å². The van der Waals surface area contributed by atoms with Crippen molar-refractivity contribution in [1.82, 2.24) is 9.55 Å². The number of nitrogens with zero attached hydrogens (tertiary/aromatic N) is 2. The highest BCUT2D eigenvalue weighted by atomic mass is 32.2. The first kappa shape index (κ1) is 31.4. The molecular formula is C33H28N2O9S. The molecule has 11 nitrogen and oxygen atoms in total. The molecular weight excluding hydrogens is 600 g/mol. The maximum atomic E-state index is 13.4. The molecule has 12 heteroatoms. The number of benzene rings is 3. The van der Waals surface area contributed by atoms with Crippen LogP contribution < -0.4 is 5.56 Å². The Morgan fingerprint density at radius 2 is 1.27 bits per heavy atom. The van der Waals surface area contributed by atoms with Crippen LogP contribution in [0.1, 0.15) is 44.2 Å². The molecule has 3 aromatic carbocycles. The number of ether oxygens (including phenoxy) is 4. The molecule has 2 heterocycles. The number of esters is 3. The number of Topliss-reactive ketones (excluding diaryl/α,β-unsaturated/α-hetero) is 1. The Kier molecular flexibility index (Phi) is 10.2. The Balaban J connectivity index is 1.53. The van der Waals surface area contributed by atoms with Gasteiger partial charge in [-0.2, -0.15) is 4.98 Å². The minimum Gasteiger partial charge on any atom is -0.459 e. The SMILES string of the molecule is CC(=O)CSc1nc(=O)ccn1[C@@H]1O[C@H](COC(=O)c2ccccc2)[C@@H](OC(=O)c2ccccc2)[C@H]1OC(=O)c1ccccc1. The molecule has 1 aromatic heterocycles. The van der Waals surface area contributed by atoms with E-state index in [4.69, 9.17) is 18.9 Å². The molecule has 0 saturated carbocycles. The van der Waals surface area contributed by atoms with Crippen LogP contribution in [0.5, 0.6) is 0 Å². The predicted octanol–water partition coefficient (Wildman–Crippen LogP) is 4.13. The normalized spacial score (nSPS) is 19.0. The number of carbonyl (C=O) groups is 4. The highest BCUT2D eigenvalue weighted by Crippen LogP contribution is 2.37. The van der Waals surface area contributed by atoms with Crippen molar-refractivity contribution >= 4 is 35.5 Å². The number of carbonyl (C=O) groups excluding carboxylic acids is 4. The van der Waals surface area contributed by atoms with Gasteiger partial charge in [-0.05, 0) is 43.3 Å². The molecule has 45 heavy (non-hydrogen) atoms. The average molecular weight is 629 g/mol. The third kappa shape index (κ3) is 7.91. The van der Waals surface area contributed by atoms with Gasteiger partial charge in [-0.3, -0.25) is 14.2 Å². The Hall–Kier alpha value is -5.07. The lowest BCUT2D eigenvalue weighted by Gasteiger charge is -2.26. The lowest BCUT2D eigenvalue weighted by Crippen LogP contribution is -2.41. The molecule has 0 bridgehead atoms. The van der Waals surface area contributed by atoms with Crippen molar-refractivity contribution in [1.29, 1.82) is 0 Å². The average Bonchev–Trinajstić information content (AvgIpc) is 3.39. The van der Waals surface area contributed by atoms with Crippen LogP contribution in [0.25, 0.3) is 0 Å². The highest BCUT2D eigenvalue weighted by molar-refractivity contribution is 7.99. The third-order valence-corrected chi connectivity index (χ3v) is 7.77. The molecule has 0 N–H and O–H groups in total. The van der Waals surface area contributed by atoms with Gasteiger partial charge in [0.05, 0.1) is 22.4 Å². The van der Waals surface area contributed by atoms with Crippen molar-refractivity contribution in [2.75, 3.05) is 12.4 Å². The molecule has 0 spiro atoms. The Morgan fingerprint density at radius 1 is 0.756 bits per heavy atom. The highest BCUT2D eigenvalue weighted by Gasteiger charge is 2.51. The lowest BCUT2D eigenvalue weighted by molar-refractivity contribution is -0.114. The molecule has 4 aromatic rings. The van der Waals surface area contributed by atoms with E-state index in [1.165, 1.54) is 23.8 Å². The summed E-state index contributed by atoms with van der Waals surface area (Å²) in [6.07, 6.45) is -3.50. The topological polar surface area (TPSA) is 140 Å². The molecule has 1 fully saturated rings. The molecule has 0 radical (unpaired) electrons. The second-order valence-corrected chi connectivity index (χ2v) is 10.9. The Labute approximate surface area is 262 Å². The zero-order valence-electron chi connectivity index (χ0n) is 24.0. The van der Waals surface area contributed by atoms with Gasteiger partial charge in [0.15, 0.2) is 23.6 Å². The first-order valence-corrected chi connectivity index (χ1v) is 14.9. The van der Waals surface area contributed by atoms with Gasteiger partial charge < -0.3 is 18.9 Å². The molecule has 230 valence electrons. The van der Waals surface area contributed by atoms with Crippen molar-refractivity contribution < 1.29 is 38.1 Å². The first-order chi connectivity index (χ1) is 21.8. The summed E-state index contributed by atoms with van der Waals surface area (Å²) >= 11 is 0.991. The number of thioether (sulfide) groups is 1. The molecule has 4 atom stereocenters. The number of hydrogen-bond donors (Lipinski definition) is 0. The number of hydrogen-bond acceptors (Lipinski definition) is 11. The van der Waals surface area contributed by atoms with Gasteiger partial charge in [-0.25, -0.2) is 14.4 Å². The monoisotopic (exact) mass is 628 g/mol. The van der Waals surface area contributed by atoms with E-state index >= 15 is 0 Å². The summed E-state index contributed by atoms with van der Waals surface area (Å²) < 4.78 is 25.2. The summed E-state index contributed by atoms with van der Waals surface area (Å²) in [7, 11) is 0. The summed E-state index contributed by atoms with van der Waals surface area (Å²) in [5, 5.41) is 0.110. The third-order valence-electron chi connectivity index (χ3n) is 6.66. The van der Waals surface area contributed by atoms with E-state index in [1.807, 2.05) is 0 Å². The summed E-state index contributed by atoms with van der Waals surface area (Å²) in [5.74, 6) is -2.26. The number of aromatic nitrogens is 2. The van der Waals surface area contributed by atoms with Crippen LogP contribution in [0.3, 0.4) is 0 Å². The van der Waals surface area contributed by atoms with Crippen LogP contribution in [-0.2, 0) is 23.7 Å². The second-order valence-electron chi connectivity index (χ2n) is 9.95. The zero-order valence-corrected chi connectivity index (χ0v) is 24.8. The molecule has 0 aliphatic carbocycles. The molecule has 0 unspecified atom stereocenters. The van der Waals surface area contributed by atoms with Crippen molar-refractivity contribution in [3.05, 3.63) is 130 Å². The standard InChI is InChI=1S/C33H28N2O9S/c1-21(36)20-45-33-34-26(37)17-18-35(33)29-28(44-32(40)24-15-9-4-10-16-24)27(43-31(39)23-13-7-3-8-14-23)25(42-29)19-41-30(38)22-11-5-2-6-12-22/h2-18,25,27-29H,19-20H2,1H3/t25-,27-,28-,29-/m1/s1. The van der Waals surface area contributed by atoms with Gasteiger partial charge in [0, 0.05) is 12.3 Å². The van der Waals surface area contributed by atoms with Gasteiger partial charge in [-0.1, -0.05) is 66.4 Å². The van der Waals surface area contributed by atoms with Crippen LogP contribution in [0, 0.1) is 0 Å². The van der Waals surface area contributed by atoms with Crippen LogP contribution >= 0.6 is 11.8 Å². The fourth-order valence-electron chi connectivity index (χ4n) is 4.54. The summed E-state index contributed by atoms with van der Waals surface area (Å²) in [5.41, 5.74) is 0.197. The van der Waals surface area contributed by atoms with E-state index in [9.17, 15) is 24.0 Å². The van der Waals surface area contributed by atoms with E-state index in [-0.39, 0.29) is 34.4 Å². The van der Waals surface area contributed by atoms with Gasteiger partial charge in [0.1, 0.15) is 18.5 Å². The Morgan fingerprint density at radius 3 is 1.80 bits per heavy atom. The summed E-state index contributed by atoms with van der Waals surface area (Å²) in [6.45, 7) is 1.02. The number of rotatable bonds is 11. The molecule has 1 saturated heterocycles. The zero-order chi connectivity index (χ0) is 31.8. The van der Waals surface area contributed by atoms with E-state index in [2.05, 4.69) is 4.98 Å². The Bertz CT molecular complexity index is 1710. The van der Waals surface area contributed by atoms with E-state index < -0.39 is 48.0 Å². The first-order valence-electron chi connectivity index (χ1n) is 13.9. The van der Waals surface area contributed by atoms with Gasteiger partial charge in [0.25, 0.3) is 5.56 Å². The van der Waals surface area contributed by atoms with E-state index in [1.54, 1.807) is 91.0 Å². The summed E-state index contributed by atoms with van der Waals surface area (Å²) in [6, 6.07) is 25.9. The fourth-order valence-corrected chi connectivity index (χ4v) is 5.35. The lowest BCUT2D eigenvalue weighted by atomic mass is 10.1. The maximum Gasteiger partial charge on any atom is 0.338 e. The maximum absolute atomic E-state index is 13.4. The van der Waals surface area contributed by atoms with E-state index in [0.29, 0.717) is 5.56 Å². The predicted molar refractivity (Wildman–Crippen MR) is 162 cm³/mol. The van der Waals surface area contributed by atoms with Crippen molar-refractivity contribution in [3.63, 3.8) is 0 Å². The number of ketones is 1. The van der Waals surface area contributed by atoms with Crippen molar-refractivity contribution in [2.24, 2.45) is 0 Å². The van der Waals surface area contributed by atoms with Crippen LogP contribution in [0.15, 0.2) is 113 Å². The van der Waals surface area contributed by atoms with Gasteiger partial charge in [0.2, 0.25) is 0 Å². The van der Waals surface area contributed by atoms with E-state index in [0.717, 1.165) is 11.8 Å². The summed E-state index contributed by atoms with van der Waals surface area (Å²) in [4.78, 5) is 67.5. The van der Waals surface area contributed by atoms with Gasteiger partial charge in [-0.15, -0.1) is 0 Å². The molecule has 5 rings (SSSR count). The minimum atomic E-state index is -1.30. The molecule has 1 aliphatic rings. The second kappa shape index (κ2) is 14.6. The fraction of sp³-hybridized carbons (Fsp3) is 0.212. The largest absolute Gasteiger partial charge is 0.459 e. The smallest absolute Gasteiger partial charge is 0.338 e. The van der Waals surface area contributed by atoms with Crippen molar-refractivity contribution in [2.45, 2.75) is 36.6 Å². The van der Waals surface area contributed by atoms with Crippen LogP contribution in [0.4, 0.5) is 0 Å².